The molecule has 1 aliphatic heterocycles. The largest absolute Gasteiger partial charge is 0.300 e. The zero-order valence-corrected chi connectivity index (χ0v) is 5.46. The molecule has 1 heterocycles. The van der Waals surface area contributed by atoms with Gasteiger partial charge < -0.3 is 0 Å². The number of ketones is 1. The fourth-order valence-corrected chi connectivity index (χ4v) is 1.35. The number of Topliss-reactive ketones (excluding diaryl/α,β-unsaturated/α-hetero) is 1. The zero-order chi connectivity index (χ0) is 5.82. The first-order valence-electron chi connectivity index (χ1n) is 2.76. The molecule has 2 nitrogen and oxygen atoms in total. The Hall–Kier alpha value is -0.0200. The van der Waals surface area contributed by atoms with Crippen molar-refractivity contribution in [3.05, 3.63) is 0 Å². The molecule has 1 rings (SSSR count). The van der Waals surface area contributed by atoms with Crippen LogP contribution in [0.1, 0.15) is 12.8 Å². The average Bonchev–Trinajstić information content (AvgIpc) is 1.94. The lowest BCUT2D eigenvalue weighted by Gasteiger charge is -1.90. The van der Waals surface area contributed by atoms with Gasteiger partial charge in [-0.25, -0.2) is 0 Å². The Bertz CT molecular complexity index is 84.4. The smallest absolute Gasteiger partial charge is 0.135 e. The van der Waals surface area contributed by atoms with E-state index < -0.39 is 0 Å². The molecule has 0 atom stereocenters. The number of carbonyl (C=O) groups is 1. The fraction of sp³-hybridized carbons (Fsp3) is 0.800. The highest BCUT2D eigenvalue weighted by molar-refractivity contribution is 7.97. The first kappa shape index (κ1) is 6.11. The summed E-state index contributed by atoms with van der Waals surface area (Å²) in [7, 11) is 0. The van der Waals surface area contributed by atoms with Crippen LogP contribution in [-0.2, 0) is 4.79 Å². The Morgan fingerprint density at radius 3 is 3.25 bits per heavy atom. The van der Waals surface area contributed by atoms with Gasteiger partial charge in [-0.1, -0.05) is 11.9 Å². The lowest BCUT2D eigenvalue weighted by atomic mass is 10.2. The first-order valence-corrected chi connectivity index (χ1v) is 3.74. The molecule has 0 aromatic carbocycles. The van der Waals surface area contributed by atoms with Crippen LogP contribution in [0.25, 0.3) is 0 Å². The highest BCUT2D eigenvalue weighted by Crippen LogP contribution is 2.03. The van der Waals surface area contributed by atoms with Gasteiger partial charge in [-0.3, -0.25) is 9.52 Å². The van der Waals surface area contributed by atoms with Gasteiger partial charge in [-0.05, 0) is 0 Å². The Morgan fingerprint density at radius 1 is 1.50 bits per heavy atom. The molecule has 1 aliphatic rings. The van der Waals surface area contributed by atoms with Crippen molar-refractivity contribution < 1.29 is 4.79 Å². The zero-order valence-electron chi connectivity index (χ0n) is 4.64. The molecule has 3 heteroatoms. The minimum Gasteiger partial charge on any atom is -0.300 e. The summed E-state index contributed by atoms with van der Waals surface area (Å²) in [6.45, 7) is 0.851. The maximum absolute atomic E-state index is 10.6. The third kappa shape index (κ3) is 1.84. The SMILES string of the molecule is O=C1CCNSCC1. The van der Waals surface area contributed by atoms with Gasteiger partial charge in [-0.15, -0.1) is 0 Å². The maximum Gasteiger partial charge on any atom is 0.135 e. The van der Waals surface area contributed by atoms with E-state index in [1.807, 2.05) is 0 Å². The number of carbonyl (C=O) groups excluding carboxylic acids is 1. The molecule has 0 spiro atoms. The number of nitrogens with one attached hydrogen (secondary N) is 1. The Balaban J connectivity index is 2.27. The predicted octanol–water partition coefficient (Wildman–Crippen LogP) is 0.587. The molecule has 0 aromatic rings. The maximum atomic E-state index is 10.6. The van der Waals surface area contributed by atoms with Crippen molar-refractivity contribution in [2.75, 3.05) is 12.3 Å². The summed E-state index contributed by atoms with van der Waals surface area (Å²) in [6, 6.07) is 0. The van der Waals surface area contributed by atoms with Crippen LogP contribution < -0.4 is 4.72 Å². The predicted molar refractivity (Wildman–Crippen MR) is 34.7 cm³/mol. The van der Waals surface area contributed by atoms with Crippen LogP contribution in [0.2, 0.25) is 0 Å². The van der Waals surface area contributed by atoms with Crippen LogP contribution in [0, 0.1) is 0 Å². The Morgan fingerprint density at radius 2 is 2.38 bits per heavy atom. The van der Waals surface area contributed by atoms with Crippen molar-refractivity contribution in [3.63, 3.8) is 0 Å². The summed E-state index contributed by atoms with van der Waals surface area (Å²) >= 11 is 1.65. The van der Waals surface area contributed by atoms with E-state index >= 15 is 0 Å². The van der Waals surface area contributed by atoms with Crippen LogP contribution in [-0.4, -0.2) is 18.1 Å². The summed E-state index contributed by atoms with van der Waals surface area (Å²) in [5, 5.41) is 0. The molecule has 46 valence electrons. The molecule has 0 radical (unpaired) electrons. The number of hydrogen-bond acceptors (Lipinski definition) is 3. The van der Waals surface area contributed by atoms with E-state index in [1.165, 1.54) is 0 Å². The van der Waals surface area contributed by atoms with Gasteiger partial charge in [0.2, 0.25) is 0 Å². The minimum atomic E-state index is 0.391. The summed E-state index contributed by atoms with van der Waals surface area (Å²) < 4.78 is 3.07. The normalized spacial score (nSPS) is 22.8. The molecule has 0 bridgehead atoms. The minimum absolute atomic E-state index is 0.391. The molecular weight excluding hydrogens is 122 g/mol. The fourth-order valence-electron chi connectivity index (χ4n) is 0.625. The standard InChI is InChI=1S/C5H9NOS/c7-5-1-3-6-8-4-2-5/h6H,1-4H2. The second-order valence-corrected chi connectivity index (χ2v) is 2.77. The second-order valence-electron chi connectivity index (χ2n) is 1.78. The van der Waals surface area contributed by atoms with E-state index in [9.17, 15) is 4.79 Å². The summed E-state index contributed by atoms with van der Waals surface area (Å²) in [5.74, 6) is 1.33. The van der Waals surface area contributed by atoms with Crippen molar-refractivity contribution in [2.45, 2.75) is 12.8 Å². The molecule has 1 saturated heterocycles. The van der Waals surface area contributed by atoms with E-state index in [4.69, 9.17) is 0 Å². The quantitative estimate of drug-likeness (QED) is 0.488. The molecule has 0 amide bonds. The van der Waals surface area contributed by atoms with Crippen molar-refractivity contribution >= 4 is 17.7 Å². The Kier molecular flexibility index (Phi) is 2.36. The second kappa shape index (κ2) is 3.10. The van der Waals surface area contributed by atoms with Crippen molar-refractivity contribution in [3.8, 4) is 0 Å². The molecule has 1 fully saturated rings. The summed E-state index contributed by atoms with van der Waals surface area (Å²) in [5.41, 5.74) is 0. The van der Waals surface area contributed by atoms with Crippen molar-refractivity contribution in [2.24, 2.45) is 0 Å². The third-order valence-electron chi connectivity index (χ3n) is 1.09. The number of rotatable bonds is 0. The van der Waals surface area contributed by atoms with E-state index in [0.29, 0.717) is 12.2 Å². The monoisotopic (exact) mass is 131 g/mol. The van der Waals surface area contributed by atoms with Gasteiger partial charge in [0.15, 0.2) is 0 Å². The lowest BCUT2D eigenvalue weighted by molar-refractivity contribution is -0.118. The van der Waals surface area contributed by atoms with Gasteiger partial charge in [-0.2, -0.15) is 0 Å². The molecule has 1 N–H and O–H groups in total. The van der Waals surface area contributed by atoms with Gasteiger partial charge >= 0.3 is 0 Å². The third-order valence-corrected chi connectivity index (χ3v) is 1.91. The van der Waals surface area contributed by atoms with Gasteiger partial charge in [0.25, 0.3) is 0 Å². The van der Waals surface area contributed by atoms with Gasteiger partial charge in [0, 0.05) is 25.1 Å². The highest BCUT2D eigenvalue weighted by Gasteiger charge is 2.04. The van der Waals surface area contributed by atoms with Crippen LogP contribution in [0.5, 0.6) is 0 Å². The van der Waals surface area contributed by atoms with Crippen LogP contribution in [0.15, 0.2) is 0 Å². The van der Waals surface area contributed by atoms with E-state index in [-0.39, 0.29) is 0 Å². The van der Waals surface area contributed by atoms with Crippen LogP contribution in [0.3, 0.4) is 0 Å². The van der Waals surface area contributed by atoms with Crippen molar-refractivity contribution in [1.29, 1.82) is 0 Å². The van der Waals surface area contributed by atoms with Gasteiger partial charge in [0.1, 0.15) is 5.78 Å². The molecule has 0 aliphatic carbocycles. The van der Waals surface area contributed by atoms with Crippen LogP contribution >= 0.6 is 11.9 Å². The number of hydrogen-bond donors (Lipinski definition) is 1. The molecule has 8 heavy (non-hydrogen) atoms. The lowest BCUT2D eigenvalue weighted by Crippen LogP contribution is -2.05. The van der Waals surface area contributed by atoms with E-state index in [2.05, 4.69) is 4.72 Å². The average molecular weight is 131 g/mol. The van der Waals surface area contributed by atoms with E-state index in [0.717, 1.165) is 18.7 Å². The molecule has 0 unspecified atom stereocenters. The summed E-state index contributed by atoms with van der Waals surface area (Å²) in [6.07, 6.45) is 1.46. The van der Waals surface area contributed by atoms with Crippen molar-refractivity contribution in [1.82, 2.24) is 4.72 Å². The molecule has 0 saturated carbocycles. The highest BCUT2D eigenvalue weighted by atomic mass is 32.2. The first-order chi connectivity index (χ1) is 3.89. The Labute approximate surface area is 53.2 Å². The van der Waals surface area contributed by atoms with Crippen LogP contribution in [0.4, 0.5) is 0 Å². The van der Waals surface area contributed by atoms with Gasteiger partial charge in [0.05, 0.1) is 0 Å². The van der Waals surface area contributed by atoms with E-state index in [1.54, 1.807) is 11.9 Å². The molecular formula is C5H9NOS. The topological polar surface area (TPSA) is 29.1 Å². The summed E-state index contributed by atoms with van der Waals surface area (Å²) in [4.78, 5) is 10.6. The molecule has 0 aromatic heterocycles.